The monoisotopic (exact) mass is 308 g/mol. The van der Waals surface area contributed by atoms with Crippen LogP contribution in [0.3, 0.4) is 0 Å². The number of hydrogen-bond donors (Lipinski definition) is 2. The maximum absolute atomic E-state index is 14.0. The summed E-state index contributed by atoms with van der Waals surface area (Å²) in [7, 11) is 0. The van der Waals surface area contributed by atoms with Crippen LogP contribution in [-0.2, 0) is 0 Å². The smallest absolute Gasteiger partial charge is 0.171 e. The van der Waals surface area contributed by atoms with Crippen molar-refractivity contribution >= 4 is 28.9 Å². The molecule has 5 nitrogen and oxygen atoms in total. The van der Waals surface area contributed by atoms with Gasteiger partial charge in [-0.15, -0.1) is 0 Å². The van der Waals surface area contributed by atoms with Gasteiger partial charge in [0, 0.05) is 18.3 Å². The van der Waals surface area contributed by atoms with Gasteiger partial charge in [0.2, 0.25) is 0 Å². The standard InChI is InChI=1S/C14H14ClFN4O/c1-2-20(11-6-4-3-5-10(11)16)14-12(15)9(7-8-18-14)13(17)19-21/h3-8,21H,2H2,1H3,(H2,17,19). The fraction of sp³-hybridized carbons (Fsp3) is 0.143. The number of benzene rings is 1. The fourth-order valence-electron chi connectivity index (χ4n) is 1.98. The number of nitrogens with zero attached hydrogens (tertiary/aromatic N) is 3. The summed E-state index contributed by atoms with van der Waals surface area (Å²) in [5, 5.41) is 11.9. The van der Waals surface area contributed by atoms with Gasteiger partial charge in [0.05, 0.1) is 10.7 Å². The molecule has 0 fully saturated rings. The topological polar surface area (TPSA) is 74.7 Å². The Balaban J connectivity index is 2.57. The zero-order chi connectivity index (χ0) is 15.4. The molecule has 0 saturated heterocycles. The number of anilines is 2. The summed E-state index contributed by atoms with van der Waals surface area (Å²) in [5.74, 6) is -0.173. The lowest BCUT2D eigenvalue weighted by atomic mass is 10.2. The van der Waals surface area contributed by atoms with Gasteiger partial charge in [-0.25, -0.2) is 9.37 Å². The Morgan fingerprint density at radius 2 is 2.14 bits per heavy atom. The third-order valence-electron chi connectivity index (χ3n) is 2.97. The Kier molecular flexibility index (Phi) is 4.59. The Morgan fingerprint density at radius 1 is 1.43 bits per heavy atom. The first-order valence-corrected chi connectivity index (χ1v) is 6.62. The molecule has 2 aromatic rings. The van der Waals surface area contributed by atoms with Crippen molar-refractivity contribution in [3.63, 3.8) is 0 Å². The van der Waals surface area contributed by atoms with E-state index in [1.807, 2.05) is 6.92 Å². The number of hydrogen-bond acceptors (Lipinski definition) is 4. The second kappa shape index (κ2) is 6.41. The van der Waals surface area contributed by atoms with Crippen molar-refractivity contribution in [2.45, 2.75) is 6.92 Å². The molecular weight excluding hydrogens is 295 g/mol. The summed E-state index contributed by atoms with van der Waals surface area (Å²) < 4.78 is 14.0. The van der Waals surface area contributed by atoms with Crippen LogP contribution in [0.1, 0.15) is 12.5 Å². The molecular formula is C14H14ClFN4O. The average molecular weight is 309 g/mol. The molecule has 7 heteroatoms. The molecule has 110 valence electrons. The zero-order valence-electron chi connectivity index (χ0n) is 11.3. The Hall–Kier alpha value is -2.34. The minimum Gasteiger partial charge on any atom is -0.409 e. The van der Waals surface area contributed by atoms with Crippen molar-refractivity contribution in [3.8, 4) is 0 Å². The van der Waals surface area contributed by atoms with Crippen LogP contribution in [0.15, 0.2) is 41.7 Å². The van der Waals surface area contributed by atoms with Gasteiger partial charge >= 0.3 is 0 Å². The highest BCUT2D eigenvalue weighted by molar-refractivity contribution is 6.36. The maximum atomic E-state index is 14.0. The van der Waals surface area contributed by atoms with Crippen molar-refractivity contribution < 1.29 is 9.60 Å². The van der Waals surface area contributed by atoms with Gasteiger partial charge < -0.3 is 15.8 Å². The first kappa shape index (κ1) is 15.1. The number of rotatable bonds is 4. The lowest BCUT2D eigenvalue weighted by Crippen LogP contribution is -2.21. The van der Waals surface area contributed by atoms with E-state index in [0.29, 0.717) is 23.6 Å². The summed E-state index contributed by atoms with van der Waals surface area (Å²) in [4.78, 5) is 5.80. The molecule has 2 rings (SSSR count). The summed E-state index contributed by atoms with van der Waals surface area (Å²) in [6.07, 6.45) is 1.47. The lowest BCUT2D eigenvalue weighted by molar-refractivity contribution is 0.318. The van der Waals surface area contributed by atoms with Crippen molar-refractivity contribution in [2.24, 2.45) is 10.9 Å². The van der Waals surface area contributed by atoms with E-state index < -0.39 is 0 Å². The molecule has 1 aromatic carbocycles. The third-order valence-corrected chi connectivity index (χ3v) is 3.34. The summed E-state index contributed by atoms with van der Waals surface area (Å²) in [5.41, 5.74) is 6.25. The number of oxime groups is 1. The minimum absolute atomic E-state index is 0.131. The number of pyridine rings is 1. The van der Waals surface area contributed by atoms with E-state index in [1.165, 1.54) is 18.3 Å². The molecule has 0 atom stereocenters. The minimum atomic E-state index is -0.383. The van der Waals surface area contributed by atoms with Crippen LogP contribution < -0.4 is 10.6 Å². The molecule has 0 saturated carbocycles. The van der Waals surface area contributed by atoms with Crippen LogP contribution in [0.25, 0.3) is 0 Å². The maximum Gasteiger partial charge on any atom is 0.171 e. The fourth-order valence-corrected chi connectivity index (χ4v) is 2.29. The molecule has 0 spiro atoms. The highest BCUT2D eigenvalue weighted by Gasteiger charge is 2.19. The molecule has 3 N–H and O–H groups in total. The van der Waals surface area contributed by atoms with E-state index in [4.69, 9.17) is 22.5 Å². The van der Waals surface area contributed by atoms with E-state index in [9.17, 15) is 4.39 Å². The molecule has 0 bridgehead atoms. The van der Waals surface area contributed by atoms with Crippen LogP contribution in [-0.4, -0.2) is 22.6 Å². The molecule has 0 aliphatic heterocycles. The lowest BCUT2D eigenvalue weighted by Gasteiger charge is -2.24. The van der Waals surface area contributed by atoms with E-state index in [2.05, 4.69) is 10.1 Å². The average Bonchev–Trinajstić information content (AvgIpc) is 2.50. The second-order valence-electron chi connectivity index (χ2n) is 4.18. The van der Waals surface area contributed by atoms with Crippen molar-refractivity contribution in [3.05, 3.63) is 52.9 Å². The SMILES string of the molecule is CCN(c1ccccc1F)c1nccc(/C(N)=N/O)c1Cl. The first-order chi connectivity index (χ1) is 10.1. The summed E-state index contributed by atoms with van der Waals surface area (Å²) in [6, 6.07) is 7.85. The summed E-state index contributed by atoms with van der Waals surface area (Å²) >= 11 is 6.26. The molecule has 0 unspecified atom stereocenters. The van der Waals surface area contributed by atoms with Crippen molar-refractivity contribution in [1.29, 1.82) is 0 Å². The number of halogens is 2. The van der Waals surface area contributed by atoms with Crippen LogP contribution >= 0.6 is 11.6 Å². The van der Waals surface area contributed by atoms with Gasteiger partial charge in [0.15, 0.2) is 11.7 Å². The van der Waals surface area contributed by atoms with Crippen molar-refractivity contribution in [2.75, 3.05) is 11.4 Å². The molecule has 0 aliphatic carbocycles. The van der Waals surface area contributed by atoms with E-state index in [0.717, 1.165) is 0 Å². The predicted octanol–water partition coefficient (Wildman–Crippen LogP) is 3.13. The Morgan fingerprint density at radius 3 is 2.76 bits per heavy atom. The van der Waals surface area contributed by atoms with E-state index >= 15 is 0 Å². The van der Waals surface area contributed by atoms with Crippen LogP contribution in [0.5, 0.6) is 0 Å². The van der Waals surface area contributed by atoms with Gasteiger partial charge in [0.1, 0.15) is 5.82 Å². The second-order valence-corrected chi connectivity index (χ2v) is 4.55. The van der Waals surface area contributed by atoms with Gasteiger partial charge in [-0.3, -0.25) is 0 Å². The highest BCUT2D eigenvalue weighted by Crippen LogP contribution is 2.33. The van der Waals surface area contributed by atoms with Crippen LogP contribution in [0.4, 0.5) is 15.9 Å². The normalized spacial score (nSPS) is 11.5. The molecule has 0 aliphatic rings. The number of amidine groups is 1. The van der Waals surface area contributed by atoms with Crippen LogP contribution in [0.2, 0.25) is 5.02 Å². The number of nitrogens with two attached hydrogens (primary N) is 1. The predicted molar refractivity (Wildman–Crippen MR) is 80.8 cm³/mol. The number of aromatic nitrogens is 1. The quantitative estimate of drug-likeness (QED) is 0.394. The van der Waals surface area contributed by atoms with Gasteiger partial charge in [-0.05, 0) is 25.1 Å². The van der Waals surface area contributed by atoms with Crippen LogP contribution in [0, 0.1) is 5.82 Å². The van der Waals surface area contributed by atoms with E-state index in [1.54, 1.807) is 23.1 Å². The van der Waals surface area contributed by atoms with Crippen molar-refractivity contribution in [1.82, 2.24) is 4.98 Å². The Labute approximate surface area is 126 Å². The van der Waals surface area contributed by atoms with E-state index in [-0.39, 0.29) is 16.7 Å². The zero-order valence-corrected chi connectivity index (χ0v) is 12.0. The largest absolute Gasteiger partial charge is 0.409 e. The number of para-hydroxylation sites is 1. The molecule has 0 amide bonds. The molecule has 1 heterocycles. The van der Waals surface area contributed by atoms with Gasteiger partial charge in [-0.1, -0.05) is 28.9 Å². The third kappa shape index (κ3) is 2.90. The Bertz CT molecular complexity index is 678. The first-order valence-electron chi connectivity index (χ1n) is 6.24. The molecule has 0 radical (unpaired) electrons. The summed E-state index contributed by atoms with van der Waals surface area (Å²) in [6.45, 7) is 2.30. The van der Waals surface area contributed by atoms with Gasteiger partial charge in [-0.2, -0.15) is 0 Å². The molecule has 21 heavy (non-hydrogen) atoms. The van der Waals surface area contributed by atoms with Gasteiger partial charge in [0.25, 0.3) is 0 Å². The molecule has 1 aromatic heterocycles. The highest BCUT2D eigenvalue weighted by atomic mass is 35.5.